The van der Waals surface area contributed by atoms with E-state index < -0.39 is 5.60 Å². The molecule has 1 aliphatic rings. The van der Waals surface area contributed by atoms with Gasteiger partial charge in [-0.3, -0.25) is 0 Å². The second kappa shape index (κ2) is 6.75. The molecule has 2 atom stereocenters. The van der Waals surface area contributed by atoms with Crippen molar-refractivity contribution in [1.29, 1.82) is 0 Å². The van der Waals surface area contributed by atoms with E-state index in [1.807, 2.05) is 30.3 Å². The van der Waals surface area contributed by atoms with E-state index >= 15 is 0 Å². The quantitative estimate of drug-likeness (QED) is 0.644. The number of nitrogens with one attached hydrogen (secondary N) is 1. The lowest BCUT2D eigenvalue weighted by atomic mass is 9.79. The number of aliphatic hydroxyl groups is 1. The van der Waals surface area contributed by atoms with Gasteiger partial charge in [-0.1, -0.05) is 49.8 Å². The minimum absolute atomic E-state index is 0.522. The van der Waals surface area contributed by atoms with Crippen molar-refractivity contribution < 1.29 is 5.11 Å². The maximum atomic E-state index is 10.4. The van der Waals surface area contributed by atoms with Gasteiger partial charge in [0.05, 0.1) is 12.1 Å². The predicted molar refractivity (Wildman–Crippen MR) is 78.8 cm³/mol. The third kappa shape index (κ3) is 4.70. The number of rotatable bonds is 3. The van der Waals surface area contributed by atoms with E-state index in [9.17, 15) is 5.11 Å². The minimum Gasteiger partial charge on any atom is -0.389 e. The van der Waals surface area contributed by atoms with Gasteiger partial charge >= 0.3 is 0 Å². The van der Waals surface area contributed by atoms with E-state index in [-0.39, 0.29) is 0 Å². The maximum Gasteiger partial charge on any atom is 0.0774 e. The summed E-state index contributed by atoms with van der Waals surface area (Å²) in [6.07, 6.45) is 4.20. The standard InChI is InChI=1S/C17H23NO/c1-15-7-5-11-17(19,13-15)14-18-12-6-10-16-8-3-2-4-9-16/h2-4,8-9,15,18-19H,5,7,11-14H2,1H3. The molecule has 2 unspecified atom stereocenters. The Kier molecular flexibility index (Phi) is 5.01. The highest BCUT2D eigenvalue weighted by Gasteiger charge is 2.31. The first-order chi connectivity index (χ1) is 9.18. The molecular weight excluding hydrogens is 234 g/mol. The molecule has 1 aliphatic carbocycles. The second-order valence-corrected chi connectivity index (χ2v) is 5.70. The Balaban J connectivity index is 1.73. The lowest BCUT2D eigenvalue weighted by Gasteiger charge is -2.35. The van der Waals surface area contributed by atoms with Crippen molar-refractivity contribution in [3.8, 4) is 11.8 Å². The van der Waals surface area contributed by atoms with Crippen LogP contribution in [-0.4, -0.2) is 23.8 Å². The fourth-order valence-electron chi connectivity index (χ4n) is 2.82. The van der Waals surface area contributed by atoms with Gasteiger partial charge in [-0.2, -0.15) is 0 Å². The molecule has 0 saturated heterocycles. The summed E-state index contributed by atoms with van der Waals surface area (Å²) in [5.41, 5.74) is 0.515. The van der Waals surface area contributed by atoms with E-state index in [2.05, 4.69) is 24.1 Å². The van der Waals surface area contributed by atoms with E-state index in [1.165, 1.54) is 6.42 Å². The average molecular weight is 257 g/mol. The van der Waals surface area contributed by atoms with Gasteiger partial charge in [0.1, 0.15) is 0 Å². The topological polar surface area (TPSA) is 32.3 Å². The Labute approximate surface area is 116 Å². The lowest BCUT2D eigenvalue weighted by Crippen LogP contribution is -2.44. The van der Waals surface area contributed by atoms with Gasteiger partial charge in [-0.05, 0) is 30.9 Å². The van der Waals surface area contributed by atoms with Crippen LogP contribution < -0.4 is 5.32 Å². The highest BCUT2D eigenvalue weighted by atomic mass is 16.3. The second-order valence-electron chi connectivity index (χ2n) is 5.70. The molecule has 0 aliphatic heterocycles. The van der Waals surface area contributed by atoms with Crippen LogP contribution in [0.1, 0.15) is 38.2 Å². The summed E-state index contributed by atoms with van der Waals surface area (Å²) in [5, 5.41) is 13.7. The molecule has 0 spiro atoms. The Morgan fingerprint density at radius 2 is 2.16 bits per heavy atom. The summed E-state index contributed by atoms with van der Waals surface area (Å²) in [7, 11) is 0. The summed E-state index contributed by atoms with van der Waals surface area (Å²) in [6, 6.07) is 9.98. The molecule has 0 radical (unpaired) electrons. The Hall–Kier alpha value is -1.30. The number of hydrogen-bond acceptors (Lipinski definition) is 2. The molecule has 0 aromatic heterocycles. The van der Waals surface area contributed by atoms with Crippen LogP contribution in [-0.2, 0) is 0 Å². The summed E-state index contributed by atoms with van der Waals surface area (Å²) in [5.74, 6) is 6.84. The fourth-order valence-corrected chi connectivity index (χ4v) is 2.82. The molecule has 1 aromatic rings. The molecule has 1 aromatic carbocycles. The van der Waals surface area contributed by atoms with Gasteiger partial charge in [0.25, 0.3) is 0 Å². The minimum atomic E-state index is -0.522. The van der Waals surface area contributed by atoms with Gasteiger partial charge in [-0.25, -0.2) is 0 Å². The monoisotopic (exact) mass is 257 g/mol. The summed E-state index contributed by atoms with van der Waals surface area (Å²) in [4.78, 5) is 0. The Morgan fingerprint density at radius 3 is 2.89 bits per heavy atom. The SMILES string of the molecule is CC1CCCC(O)(CNCC#Cc2ccccc2)C1. The lowest BCUT2D eigenvalue weighted by molar-refractivity contribution is -0.0108. The van der Waals surface area contributed by atoms with E-state index in [0.717, 1.165) is 24.8 Å². The van der Waals surface area contributed by atoms with Crippen molar-refractivity contribution in [3.05, 3.63) is 35.9 Å². The molecule has 2 heteroatoms. The van der Waals surface area contributed by atoms with Crippen molar-refractivity contribution in [3.63, 3.8) is 0 Å². The van der Waals surface area contributed by atoms with Crippen LogP contribution in [0.5, 0.6) is 0 Å². The molecule has 2 nitrogen and oxygen atoms in total. The number of hydrogen-bond donors (Lipinski definition) is 2. The first-order valence-electron chi connectivity index (χ1n) is 7.15. The fraction of sp³-hybridized carbons (Fsp3) is 0.529. The number of benzene rings is 1. The molecule has 1 saturated carbocycles. The van der Waals surface area contributed by atoms with E-state index in [4.69, 9.17) is 0 Å². The first-order valence-corrected chi connectivity index (χ1v) is 7.15. The zero-order chi connectivity index (χ0) is 13.6. The van der Waals surface area contributed by atoms with Crippen LogP contribution in [0.15, 0.2) is 30.3 Å². The normalized spacial score (nSPS) is 26.5. The Morgan fingerprint density at radius 1 is 1.37 bits per heavy atom. The van der Waals surface area contributed by atoms with Crippen molar-refractivity contribution >= 4 is 0 Å². The first kappa shape index (κ1) is 14.1. The highest BCUT2D eigenvalue weighted by molar-refractivity contribution is 5.33. The van der Waals surface area contributed by atoms with E-state index in [1.54, 1.807) is 0 Å². The molecule has 0 bridgehead atoms. The molecular formula is C17H23NO. The molecule has 19 heavy (non-hydrogen) atoms. The van der Waals surface area contributed by atoms with Gasteiger partial charge in [-0.15, -0.1) is 0 Å². The van der Waals surface area contributed by atoms with Gasteiger partial charge in [0.15, 0.2) is 0 Å². The van der Waals surface area contributed by atoms with Crippen LogP contribution in [0.4, 0.5) is 0 Å². The molecule has 0 heterocycles. The predicted octanol–water partition coefficient (Wildman–Crippen LogP) is 2.57. The molecule has 2 N–H and O–H groups in total. The highest BCUT2D eigenvalue weighted by Crippen LogP contribution is 2.31. The maximum absolute atomic E-state index is 10.4. The van der Waals surface area contributed by atoms with Crippen LogP contribution >= 0.6 is 0 Å². The van der Waals surface area contributed by atoms with Crippen LogP contribution in [0, 0.1) is 17.8 Å². The van der Waals surface area contributed by atoms with Crippen LogP contribution in [0.2, 0.25) is 0 Å². The van der Waals surface area contributed by atoms with Crippen molar-refractivity contribution in [1.82, 2.24) is 5.32 Å². The van der Waals surface area contributed by atoms with E-state index in [0.29, 0.717) is 19.0 Å². The molecule has 102 valence electrons. The summed E-state index contributed by atoms with van der Waals surface area (Å²) in [6.45, 7) is 3.51. The van der Waals surface area contributed by atoms with Crippen molar-refractivity contribution in [2.75, 3.05) is 13.1 Å². The van der Waals surface area contributed by atoms with Gasteiger partial charge in [0.2, 0.25) is 0 Å². The molecule has 0 amide bonds. The average Bonchev–Trinajstić information content (AvgIpc) is 2.39. The largest absolute Gasteiger partial charge is 0.389 e. The van der Waals surface area contributed by atoms with Gasteiger partial charge < -0.3 is 10.4 Å². The Bertz CT molecular complexity index is 445. The zero-order valence-electron chi connectivity index (χ0n) is 11.7. The summed E-state index contributed by atoms with van der Waals surface area (Å²) < 4.78 is 0. The zero-order valence-corrected chi connectivity index (χ0v) is 11.7. The smallest absolute Gasteiger partial charge is 0.0774 e. The van der Waals surface area contributed by atoms with Gasteiger partial charge in [0, 0.05) is 12.1 Å². The molecule has 1 fully saturated rings. The van der Waals surface area contributed by atoms with Crippen LogP contribution in [0.25, 0.3) is 0 Å². The molecule has 2 rings (SSSR count). The van der Waals surface area contributed by atoms with Crippen molar-refractivity contribution in [2.24, 2.45) is 5.92 Å². The van der Waals surface area contributed by atoms with Crippen molar-refractivity contribution in [2.45, 2.75) is 38.2 Å². The third-order valence-corrected chi connectivity index (χ3v) is 3.74. The van der Waals surface area contributed by atoms with Crippen LogP contribution in [0.3, 0.4) is 0 Å². The summed E-state index contributed by atoms with van der Waals surface area (Å²) >= 11 is 0. The third-order valence-electron chi connectivity index (χ3n) is 3.74.